The largest absolute Gasteiger partial charge is 0.469 e. The van der Waals surface area contributed by atoms with Gasteiger partial charge in [-0.3, -0.25) is 0 Å². The van der Waals surface area contributed by atoms with Crippen molar-refractivity contribution in [2.24, 2.45) is 5.73 Å². The first-order valence-corrected chi connectivity index (χ1v) is 4.68. The lowest BCUT2D eigenvalue weighted by Crippen LogP contribution is -2.60. The number of rotatable bonds is 2. The molecular formula is C10H13NO2. The van der Waals surface area contributed by atoms with Gasteiger partial charge in [-0.15, -0.1) is 0 Å². The molecule has 3 rings (SSSR count). The van der Waals surface area contributed by atoms with Gasteiger partial charge in [-0.2, -0.15) is 0 Å². The summed E-state index contributed by atoms with van der Waals surface area (Å²) in [6.07, 6.45) is 3.90. The minimum absolute atomic E-state index is 0.0174. The topological polar surface area (TPSA) is 48.4 Å². The second-order valence-electron chi connectivity index (χ2n) is 4.21. The van der Waals surface area contributed by atoms with E-state index in [2.05, 4.69) is 0 Å². The Morgan fingerprint density at radius 2 is 2.08 bits per heavy atom. The molecule has 0 unspecified atom stereocenters. The van der Waals surface area contributed by atoms with Gasteiger partial charge in [0.05, 0.1) is 24.9 Å². The fourth-order valence-electron chi connectivity index (χ4n) is 2.15. The maximum atomic E-state index is 6.24. The molecule has 0 spiro atoms. The normalized spacial score (nSPS) is 28.1. The van der Waals surface area contributed by atoms with Crippen LogP contribution in [0.15, 0.2) is 22.8 Å². The molecule has 2 N–H and O–H groups in total. The zero-order chi connectivity index (χ0) is 8.94. The van der Waals surface area contributed by atoms with Crippen molar-refractivity contribution in [2.75, 3.05) is 13.2 Å². The smallest absolute Gasteiger partial charge is 0.116 e. The molecule has 1 saturated heterocycles. The molecule has 1 aromatic rings. The van der Waals surface area contributed by atoms with Gasteiger partial charge in [0.1, 0.15) is 5.76 Å². The molecule has 0 amide bonds. The van der Waals surface area contributed by atoms with Gasteiger partial charge < -0.3 is 14.9 Å². The molecule has 2 fully saturated rings. The Hall–Kier alpha value is -0.800. The molecular weight excluding hydrogens is 166 g/mol. The summed E-state index contributed by atoms with van der Waals surface area (Å²) >= 11 is 0. The summed E-state index contributed by atoms with van der Waals surface area (Å²) in [5.74, 6) is 0.999. The zero-order valence-electron chi connectivity index (χ0n) is 7.45. The van der Waals surface area contributed by atoms with Crippen LogP contribution in [0.1, 0.15) is 18.6 Å². The van der Waals surface area contributed by atoms with Crippen LogP contribution < -0.4 is 5.73 Å². The van der Waals surface area contributed by atoms with E-state index in [4.69, 9.17) is 14.9 Å². The zero-order valence-corrected chi connectivity index (χ0v) is 7.45. The molecule has 2 heterocycles. The molecule has 3 nitrogen and oxygen atoms in total. The van der Waals surface area contributed by atoms with E-state index in [-0.39, 0.29) is 11.0 Å². The second kappa shape index (κ2) is 2.16. The Bertz CT molecular complexity index is 310. The molecule has 1 aromatic heterocycles. The van der Waals surface area contributed by atoms with Crippen molar-refractivity contribution >= 4 is 0 Å². The summed E-state index contributed by atoms with van der Waals surface area (Å²) in [5, 5.41) is 0. The van der Waals surface area contributed by atoms with Crippen LogP contribution >= 0.6 is 0 Å². The Morgan fingerprint density at radius 3 is 2.46 bits per heavy atom. The van der Waals surface area contributed by atoms with Crippen molar-refractivity contribution in [3.63, 3.8) is 0 Å². The third-order valence-corrected chi connectivity index (χ3v) is 3.43. The van der Waals surface area contributed by atoms with Crippen molar-refractivity contribution in [3.05, 3.63) is 24.2 Å². The Kier molecular flexibility index (Phi) is 1.26. The van der Waals surface area contributed by atoms with Crippen LogP contribution in [0, 0.1) is 0 Å². The maximum Gasteiger partial charge on any atom is 0.116 e. The van der Waals surface area contributed by atoms with E-state index in [1.54, 1.807) is 6.26 Å². The Morgan fingerprint density at radius 1 is 1.31 bits per heavy atom. The summed E-state index contributed by atoms with van der Waals surface area (Å²) in [4.78, 5) is 0. The van der Waals surface area contributed by atoms with Crippen molar-refractivity contribution in [3.8, 4) is 0 Å². The molecule has 70 valence electrons. The first-order chi connectivity index (χ1) is 6.27. The number of nitrogens with two attached hydrogens (primary N) is 1. The fourth-order valence-corrected chi connectivity index (χ4v) is 2.15. The summed E-state index contributed by atoms with van der Waals surface area (Å²) < 4.78 is 10.7. The quantitative estimate of drug-likeness (QED) is 0.737. The van der Waals surface area contributed by atoms with Crippen molar-refractivity contribution < 1.29 is 9.15 Å². The number of furan rings is 1. The molecule has 3 heteroatoms. The van der Waals surface area contributed by atoms with Crippen molar-refractivity contribution in [1.29, 1.82) is 0 Å². The van der Waals surface area contributed by atoms with Gasteiger partial charge in [-0.25, -0.2) is 0 Å². The highest BCUT2D eigenvalue weighted by Crippen LogP contribution is 2.53. The van der Waals surface area contributed by atoms with Gasteiger partial charge >= 0.3 is 0 Å². The summed E-state index contributed by atoms with van der Waals surface area (Å²) in [6.45, 7) is 1.44. The van der Waals surface area contributed by atoms with Gasteiger partial charge in [0, 0.05) is 5.54 Å². The highest BCUT2D eigenvalue weighted by atomic mass is 16.5. The van der Waals surface area contributed by atoms with Gasteiger partial charge in [-0.05, 0) is 25.0 Å². The third-order valence-electron chi connectivity index (χ3n) is 3.43. The van der Waals surface area contributed by atoms with Crippen LogP contribution in [0.25, 0.3) is 0 Å². The van der Waals surface area contributed by atoms with E-state index >= 15 is 0 Å². The average molecular weight is 179 g/mol. The molecule has 0 bridgehead atoms. The first kappa shape index (κ1) is 7.59. The van der Waals surface area contributed by atoms with Gasteiger partial charge in [-0.1, -0.05) is 0 Å². The predicted molar refractivity (Wildman–Crippen MR) is 47.4 cm³/mol. The van der Waals surface area contributed by atoms with Crippen LogP contribution in [0.2, 0.25) is 0 Å². The van der Waals surface area contributed by atoms with Crippen LogP contribution in [-0.2, 0) is 10.2 Å². The average Bonchev–Trinajstić information content (AvgIpc) is 2.61. The molecule has 2 aliphatic rings. The molecule has 0 aromatic carbocycles. The van der Waals surface area contributed by atoms with Crippen LogP contribution in [0.5, 0.6) is 0 Å². The van der Waals surface area contributed by atoms with E-state index in [1.807, 2.05) is 12.1 Å². The highest BCUT2D eigenvalue weighted by molar-refractivity contribution is 5.31. The second-order valence-corrected chi connectivity index (χ2v) is 4.21. The van der Waals surface area contributed by atoms with Crippen molar-refractivity contribution in [2.45, 2.75) is 23.8 Å². The van der Waals surface area contributed by atoms with Gasteiger partial charge in [0.2, 0.25) is 0 Å². The standard InChI is InChI=1S/C10H13NO2/c11-10(3-4-10)9(6-12-7-9)8-2-1-5-13-8/h1-2,5H,3-4,6-7,11H2. The lowest BCUT2D eigenvalue weighted by molar-refractivity contribution is -0.0885. The predicted octanol–water partition coefficient (Wildman–Crippen LogP) is 1.04. The van der Waals surface area contributed by atoms with Gasteiger partial charge in [0.15, 0.2) is 0 Å². The monoisotopic (exact) mass is 179 g/mol. The highest BCUT2D eigenvalue weighted by Gasteiger charge is 2.63. The molecule has 1 aliphatic carbocycles. The van der Waals surface area contributed by atoms with E-state index in [9.17, 15) is 0 Å². The Labute approximate surface area is 76.9 Å². The van der Waals surface area contributed by atoms with Crippen LogP contribution in [0.3, 0.4) is 0 Å². The minimum atomic E-state index is -0.0525. The minimum Gasteiger partial charge on any atom is -0.469 e. The van der Waals surface area contributed by atoms with Crippen molar-refractivity contribution in [1.82, 2.24) is 0 Å². The lowest BCUT2D eigenvalue weighted by atomic mass is 9.74. The maximum absolute atomic E-state index is 6.24. The summed E-state index contributed by atoms with van der Waals surface area (Å²) in [6, 6.07) is 3.93. The number of hydrogen-bond acceptors (Lipinski definition) is 3. The number of hydrogen-bond donors (Lipinski definition) is 1. The molecule has 0 radical (unpaired) electrons. The lowest BCUT2D eigenvalue weighted by Gasteiger charge is -2.44. The number of ether oxygens (including phenoxy) is 1. The summed E-state index contributed by atoms with van der Waals surface area (Å²) in [7, 11) is 0. The van der Waals surface area contributed by atoms with E-state index < -0.39 is 0 Å². The fraction of sp³-hybridized carbons (Fsp3) is 0.600. The van der Waals surface area contributed by atoms with Crippen LogP contribution in [-0.4, -0.2) is 18.8 Å². The van der Waals surface area contributed by atoms with E-state index in [1.165, 1.54) is 0 Å². The van der Waals surface area contributed by atoms with Crippen LogP contribution in [0.4, 0.5) is 0 Å². The first-order valence-electron chi connectivity index (χ1n) is 4.68. The Balaban J connectivity index is 2.01. The third kappa shape index (κ3) is 0.810. The van der Waals surface area contributed by atoms with Gasteiger partial charge in [0.25, 0.3) is 0 Å². The van der Waals surface area contributed by atoms with E-state index in [0.717, 1.165) is 31.8 Å². The summed E-state index contributed by atoms with van der Waals surface area (Å²) in [5.41, 5.74) is 6.17. The van der Waals surface area contributed by atoms with E-state index in [0.29, 0.717) is 0 Å². The molecule has 1 aliphatic heterocycles. The molecule has 13 heavy (non-hydrogen) atoms. The SMILES string of the molecule is NC1(C2(c3ccco3)COC2)CC1. The molecule has 0 atom stereocenters. The molecule has 1 saturated carbocycles.